The van der Waals surface area contributed by atoms with Crippen LogP contribution >= 0.6 is 15.9 Å². The smallest absolute Gasteiger partial charge is 0.280 e. The summed E-state index contributed by atoms with van der Waals surface area (Å²) < 4.78 is 11.5. The van der Waals surface area contributed by atoms with Crippen LogP contribution in [0.25, 0.3) is 0 Å². The van der Waals surface area contributed by atoms with Gasteiger partial charge in [0.05, 0.1) is 12.5 Å². The molecule has 1 heterocycles. The molecule has 0 aliphatic heterocycles. The number of hydrogen-bond donors (Lipinski definition) is 1. The van der Waals surface area contributed by atoms with Crippen LogP contribution in [-0.2, 0) is 4.79 Å². The van der Waals surface area contributed by atoms with E-state index in [1.807, 2.05) is 12.1 Å². The summed E-state index contributed by atoms with van der Waals surface area (Å²) in [4.78, 5) is 11.8. The molecule has 2 rings (SSSR count). The van der Waals surface area contributed by atoms with Gasteiger partial charge in [0.1, 0.15) is 11.5 Å². The van der Waals surface area contributed by atoms with E-state index in [0.717, 1.165) is 4.47 Å². The predicted octanol–water partition coefficient (Wildman–Crippen LogP) is 2.96. The average molecular weight is 337 g/mol. The van der Waals surface area contributed by atoms with Gasteiger partial charge in [-0.3, -0.25) is 4.79 Å². The Bertz CT molecular complexity index is 579. The molecule has 6 heteroatoms. The molecule has 0 unspecified atom stereocenters. The van der Waals surface area contributed by atoms with Crippen molar-refractivity contribution in [2.45, 2.75) is 13.0 Å². The van der Waals surface area contributed by atoms with Crippen LogP contribution in [0.15, 0.2) is 56.7 Å². The summed E-state index contributed by atoms with van der Waals surface area (Å²) in [6.07, 6.45) is 2.30. The molecule has 0 bridgehead atoms. The van der Waals surface area contributed by atoms with Gasteiger partial charge in [0.15, 0.2) is 6.10 Å². The molecule has 0 fully saturated rings. The van der Waals surface area contributed by atoms with Crippen molar-refractivity contribution in [1.82, 2.24) is 5.43 Å². The number of nitrogens with zero attached hydrogens (tertiary/aromatic N) is 1. The molecule has 2 aromatic rings. The summed E-state index contributed by atoms with van der Waals surface area (Å²) in [6.45, 7) is 1.65. The van der Waals surface area contributed by atoms with Gasteiger partial charge in [0.2, 0.25) is 0 Å². The average Bonchev–Trinajstić information content (AvgIpc) is 2.94. The molecular formula is C14H13BrN2O3. The van der Waals surface area contributed by atoms with Crippen LogP contribution < -0.4 is 10.2 Å². The number of halogens is 1. The molecule has 1 aromatic heterocycles. The van der Waals surface area contributed by atoms with E-state index >= 15 is 0 Å². The lowest BCUT2D eigenvalue weighted by molar-refractivity contribution is -0.127. The monoisotopic (exact) mass is 336 g/mol. The number of hydrazone groups is 1. The highest BCUT2D eigenvalue weighted by molar-refractivity contribution is 9.10. The molecular weight excluding hydrogens is 324 g/mol. The number of rotatable bonds is 5. The topological polar surface area (TPSA) is 63.8 Å². The van der Waals surface area contributed by atoms with E-state index in [4.69, 9.17) is 9.15 Å². The van der Waals surface area contributed by atoms with E-state index in [9.17, 15) is 4.79 Å². The number of carbonyl (C=O) groups is 1. The summed E-state index contributed by atoms with van der Waals surface area (Å²) >= 11 is 3.33. The van der Waals surface area contributed by atoms with Crippen molar-refractivity contribution in [3.8, 4) is 5.75 Å². The Morgan fingerprint density at radius 3 is 2.80 bits per heavy atom. The quantitative estimate of drug-likeness (QED) is 0.674. The Labute approximate surface area is 124 Å². The second kappa shape index (κ2) is 6.91. The third kappa shape index (κ3) is 4.24. The SMILES string of the molecule is C[C@H](Oc1ccc(Br)cc1)C(=O)N/N=C\c1ccco1. The third-order valence-electron chi connectivity index (χ3n) is 2.41. The van der Waals surface area contributed by atoms with Crippen molar-refractivity contribution < 1.29 is 13.9 Å². The first-order valence-corrected chi connectivity index (χ1v) is 6.73. The molecule has 104 valence electrons. The zero-order chi connectivity index (χ0) is 14.4. The van der Waals surface area contributed by atoms with Crippen molar-refractivity contribution in [3.05, 3.63) is 52.9 Å². The zero-order valence-electron chi connectivity index (χ0n) is 10.7. The van der Waals surface area contributed by atoms with Crippen LogP contribution in [0.1, 0.15) is 12.7 Å². The van der Waals surface area contributed by atoms with Crippen molar-refractivity contribution in [3.63, 3.8) is 0 Å². The van der Waals surface area contributed by atoms with E-state index in [-0.39, 0.29) is 5.91 Å². The van der Waals surface area contributed by atoms with E-state index < -0.39 is 6.10 Å². The van der Waals surface area contributed by atoms with Crippen molar-refractivity contribution in [1.29, 1.82) is 0 Å². The number of benzene rings is 1. The molecule has 1 aromatic carbocycles. The largest absolute Gasteiger partial charge is 0.481 e. The Balaban J connectivity index is 1.84. The van der Waals surface area contributed by atoms with E-state index in [1.165, 1.54) is 12.5 Å². The number of furan rings is 1. The number of hydrogen-bond acceptors (Lipinski definition) is 4. The first-order valence-electron chi connectivity index (χ1n) is 5.94. The molecule has 1 amide bonds. The summed E-state index contributed by atoms with van der Waals surface area (Å²) in [5, 5.41) is 3.78. The van der Waals surface area contributed by atoms with Crippen molar-refractivity contribution in [2.24, 2.45) is 5.10 Å². The minimum Gasteiger partial charge on any atom is -0.481 e. The second-order valence-corrected chi connectivity index (χ2v) is 4.88. The van der Waals surface area contributed by atoms with E-state index in [1.54, 1.807) is 31.2 Å². The molecule has 0 aliphatic rings. The maximum atomic E-state index is 11.8. The minimum absolute atomic E-state index is 0.337. The molecule has 20 heavy (non-hydrogen) atoms. The van der Waals surface area contributed by atoms with E-state index in [0.29, 0.717) is 11.5 Å². The van der Waals surface area contributed by atoms with E-state index in [2.05, 4.69) is 26.5 Å². The van der Waals surface area contributed by atoms with Gasteiger partial charge in [0.25, 0.3) is 5.91 Å². The normalized spacial score (nSPS) is 12.3. The fourth-order valence-electron chi connectivity index (χ4n) is 1.39. The number of nitrogens with one attached hydrogen (secondary N) is 1. The van der Waals surface area contributed by atoms with Gasteiger partial charge in [-0.05, 0) is 43.3 Å². The van der Waals surface area contributed by atoms with Crippen LogP contribution in [0.5, 0.6) is 5.75 Å². The van der Waals surface area contributed by atoms with Crippen LogP contribution in [0.4, 0.5) is 0 Å². The van der Waals surface area contributed by atoms with Crippen LogP contribution in [-0.4, -0.2) is 18.2 Å². The molecule has 0 radical (unpaired) electrons. The highest BCUT2D eigenvalue weighted by Crippen LogP contribution is 2.17. The van der Waals surface area contributed by atoms with Gasteiger partial charge in [-0.2, -0.15) is 5.10 Å². The van der Waals surface area contributed by atoms with Gasteiger partial charge < -0.3 is 9.15 Å². The number of amides is 1. The Kier molecular flexibility index (Phi) is 4.95. The zero-order valence-corrected chi connectivity index (χ0v) is 12.3. The fourth-order valence-corrected chi connectivity index (χ4v) is 1.65. The highest BCUT2D eigenvalue weighted by Gasteiger charge is 2.13. The first-order chi connectivity index (χ1) is 9.65. The van der Waals surface area contributed by atoms with Crippen LogP contribution in [0, 0.1) is 0 Å². The number of ether oxygens (including phenoxy) is 1. The van der Waals surface area contributed by atoms with Gasteiger partial charge in [-0.1, -0.05) is 15.9 Å². The lowest BCUT2D eigenvalue weighted by Crippen LogP contribution is -2.33. The fraction of sp³-hybridized carbons (Fsp3) is 0.143. The number of carbonyl (C=O) groups excluding carboxylic acids is 1. The molecule has 5 nitrogen and oxygen atoms in total. The van der Waals surface area contributed by atoms with Gasteiger partial charge in [-0.15, -0.1) is 0 Å². The molecule has 0 aliphatic carbocycles. The Morgan fingerprint density at radius 1 is 1.40 bits per heavy atom. The van der Waals surface area contributed by atoms with Crippen molar-refractivity contribution in [2.75, 3.05) is 0 Å². The first kappa shape index (κ1) is 14.3. The Hall–Kier alpha value is -2.08. The molecule has 1 N–H and O–H groups in total. The lowest BCUT2D eigenvalue weighted by Gasteiger charge is -2.12. The second-order valence-electron chi connectivity index (χ2n) is 3.96. The summed E-state index contributed by atoms with van der Waals surface area (Å²) in [5.41, 5.74) is 2.39. The maximum Gasteiger partial charge on any atom is 0.280 e. The predicted molar refractivity (Wildman–Crippen MR) is 78.7 cm³/mol. The maximum absolute atomic E-state index is 11.8. The molecule has 0 saturated carbocycles. The highest BCUT2D eigenvalue weighted by atomic mass is 79.9. The summed E-state index contributed by atoms with van der Waals surface area (Å²) in [6, 6.07) is 10.7. The molecule has 0 saturated heterocycles. The molecule has 1 atom stereocenters. The van der Waals surface area contributed by atoms with Gasteiger partial charge in [0, 0.05) is 4.47 Å². The third-order valence-corrected chi connectivity index (χ3v) is 2.93. The Morgan fingerprint density at radius 2 is 2.15 bits per heavy atom. The minimum atomic E-state index is -0.648. The summed E-state index contributed by atoms with van der Waals surface area (Å²) in [7, 11) is 0. The summed E-state index contributed by atoms with van der Waals surface area (Å²) in [5.74, 6) is 0.841. The lowest BCUT2D eigenvalue weighted by atomic mass is 10.3. The van der Waals surface area contributed by atoms with Crippen molar-refractivity contribution >= 4 is 28.1 Å². The van der Waals surface area contributed by atoms with Crippen LogP contribution in [0.3, 0.4) is 0 Å². The van der Waals surface area contributed by atoms with Gasteiger partial charge in [-0.25, -0.2) is 5.43 Å². The van der Waals surface area contributed by atoms with Gasteiger partial charge >= 0.3 is 0 Å². The van der Waals surface area contributed by atoms with Crippen LogP contribution in [0.2, 0.25) is 0 Å². The molecule has 0 spiro atoms. The standard InChI is InChI=1S/C14H13BrN2O3/c1-10(20-12-6-4-11(15)5-7-12)14(18)17-16-9-13-3-2-8-19-13/h2-10H,1H3,(H,17,18)/b16-9-/t10-/m0/s1.